The summed E-state index contributed by atoms with van der Waals surface area (Å²) in [4.78, 5) is 11.5. The average molecular weight is 540 g/mol. The van der Waals surface area contributed by atoms with E-state index in [1.807, 2.05) is 30.3 Å². The second-order valence-corrected chi connectivity index (χ2v) is 10.2. The highest BCUT2D eigenvalue weighted by atomic mass is 35.5. The van der Waals surface area contributed by atoms with E-state index >= 15 is 0 Å². The number of aldehydes is 1. The van der Waals surface area contributed by atoms with E-state index in [4.69, 9.17) is 33.4 Å². The van der Waals surface area contributed by atoms with Crippen LogP contribution in [0.3, 0.4) is 0 Å². The number of benzene rings is 2. The molecule has 3 aromatic rings. The first-order chi connectivity index (χ1) is 16.6. The van der Waals surface area contributed by atoms with Gasteiger partial charge in [-0.3, -0.25) is 0 Å². The van der Waals surface area contributed by atoms with Gasteiger partial charge in [-0.25, -0.2) is 0 Å². The van der Waals surface area contributed by atoms with E-state index in [-0.39, 0.29) is 0 Å². The third-order valence-corrected chi connectivity index (χ3v) is 6.44. The van der Waals surface area contributed by atoms with Crippen molar-refractivity contribution in [2.75, 3.05) is 24.2 Å². The zero-order chi connectivity index (χ0) is 26.9. The molecule has 1 aromatic heterocycles. The van der Waals surface area contributed by atoms with Gasteiger partial charge in [0, 0.05) is 43.3 Å². The lowest BCUT2D eigenvalue weighted by Gasteiger charge is -2.32. The highest BCUT2D eigenvalue weighted by molar-refractivity contribution is 8.00. The van der Waals surface area contributed by atoms with Crippen molar-refractivity contribution in [2.24, 2.45) is 0 Å². The summed E-state index contributed by atoms with van der Waals surface area (Å²) in [5.41, 5.74) is 6.14. The summed E-state index contributed by atoms with van der Waals surface area (Å²) in [5.74, 6) is 0. The van der Waals surface area contributed by atoms with Gasteiger partial charge in [0.1, 0.15) is 11.4 Å². The van der Waals surface area contributed by atoms with Crippen LogP contribution in [0.15, 0.2) is 43.5 Å². The Hall–Kier alpha value is -1.96. The highest BCUT2D eigenvalue weighted by Gasteiger charge is 2.28. The summed E-state index contributed by atoms with van der Waals surface area (Å²) in [6, 6.07) is 9.81. The van der Waals surface area contributed by atoms with Crippen LogP contribution in [0.5, 0.6) is 0 Å². The van der Waals surface area contributed by atoms with Gasteiger partial charge in [-0.1, -0.05) is 47.3 Å². The number of aliphatic hydroxyl groups excluding tert-OH is 1. The topological polar surface area (TPSA) is 65.7 Å². The van der Waals surface area contributed by atoms with Gasteiger partial charge >= 0.3 is 0 Å². The molecule has 0 aliphatic carbocycles. The summed E-state index contributed by atoms with van der Waals surface area (Å²) in [6.07, 6.45) is 3.43. The van der Waals surface area contributed by atoms with E-state index in [1.54, 1.807) is 32.7 Å². The minimum Gasteiger partial charge on any atom is -0.400 e. The molecule has 5 nitrogen and oxygen atoms in total. The third-order valence-electron chi connectivity index (χ3n) is 5.07. The Kier molecular flexibility index (Phi) is 12.4. The van der Waals surface area contributed by atoms with Gasteiger partial charge in [0.25, 0.3) is 0 Å². The summed E-state index contributed by atoms with van der Waals surface area (Å²) in [5, 5.41) is 18.0. The first kappa shape index (κ1) is 31.1. The van der Waals surface area contributed by atoms with Crippen LogP contribution in [0.1, 0.15) is 31.9 Å². The average Bonchev–Trinajstić information content (AvgIpc) is 3.16. The Bertz CT molecular complexity index is 1120. The Morgan fingerprint density at radius 2 is 1.66 bits per heavy atom. The number of halogens is 2. The molecule has 0 amide bonds. The largest absolute Gasteiger partial charge is 0.400 e. The van der Waals surface area contributed by atoms with E-state index < -0.39 is 5.60 Å². The summed E-state index contributed by atoms with van der Waals surface area (Å²) >= 11 is 14.4. The molecular formula is C27H36Cl2N2O3S. The second-order valence-electron chi connectivity index (χ2n) is 8.54. The molecule has 0 radical (unpaired) electrons. The fraction of sp³-hybridized carbons (Fsp3) is 0.370. The van der Waals surface area contributed by atoms with Gasteiger partial charge in [-0.05, 0) is 68.1 Å². The van der Waals surface area contributed by atoms with Crippen molar-refractivity contribution >= 4 is 58.0 Å². The standard InChI is InChI=1S/C20H18Cl2N2OS.C4H10O.C2H4.CH4O/c1-12-15(7-10-25)18(13-3-5-14(21)6-4-13)16-11-17(22)23-8-9-24(26-2)19(12)20(16)23;1-4(2,3)5;2*1-2/h3-6,10-11H,7-9H2,1-2H3;5H,1-3H3;1-2H2;2H,1H3. The van der Waals surface area contributed by atoms with Crippen LogP contribution < -0.4 is 4.31 Å². The number of hydrogen-bond acceptors (Lipinski definition) is 5. The zero-order valence-corrected chi connectivity index (χ0v) is 23.7. The predicted molar refractivity (Wildman–Crippen MR) is 154 cm³/mol. The van der Waals surface area contributed by atoms with Crippen LogP contribution >= 0.6 is 35.1 Å². The molecule has 0 saturated heterocycles. The number of hydrogen-bond donors (Lipinski definition) is 2. The quantitative estimate of drug-likeness (QED) is 0.213. The lowest BCUT2D eigenvalue weighted by molar-refractivity contribution is -0.107. The molecule has 35 heavy (non-hydrogen) atoms. The van der Waals surface area contributed by atoms with E-state index in [9.17, 15) is 4.79 Å². The monoisotopic (exact) mass is 538 g/mol. The van der Waals surface area contributed by atoms with Gasteiger partial charge in [-0.15, -0.1) is 13.2 Å². The van der Waals surface area contributed by atoms with Gasteiger partial charge in [-0.2, -0.15) is 0 Å². The van der Waals surface area contributed by atoms with Crippen molar-refractivity contribution in [1.29, 1.82) is 0 Å². The molecule has 2 aromatic carbocycles. The Labute approximate surface area is 223 Å². The number of nitrogens with zero attached hydrogens (tertiary/aromatic N) is 2. The first-order valence-electron chi connectivity index (χ1n) is 11.1. The Morgan fingerprint density at radius 1 is 1.11 bits per heavy atom. The molecule has 1 aliphatic heterocycles. The number of anilines is 1. The molecule has 0 saturated carbocycles. The maximum atomic E-state index is 11.5. The summed E-state index contributed by atoms with van der Waals surface area (Å²) in [6.45, 7) is 15.1. The molecule has 0 atom stereocenters. The van der Waals surface area contributed by atoms with Crippen LogP contribution in [-0.2, 0) is 17.8 Å². The molecule has 0 fully saturated rings. The lowest BCUT2D eigenvalue weighted by atomic mass is 9.89. The third kappa shape index (κ3) is 7.51. The van der Waals surface area contributed by atoms with Crippen LogP contribution in [0.2, 0.25) is 10.2 Å². The van der Waals surface area contributed by atoms with E-state index in [1.165, 1.54) is 5.69 Å². The van der Waals surface area contributed by atoms with Crippen molar-refractivity contribution < 1.29 is 15.0 Å². The minimum absolute atomic E-state index is 0.373. The minimum atomic E-state index is -0.500. The number of carbonyl (C=O) groups is 1. The van der Waals surface area contributed by atoms with Crippen molar-refractivity contribution in [3.05, 3.63) is 64.8 Å². The number of aliphatic hydroxyl groups is 2. The molecule has 2 heterocycles. The smallest absolute Gasteiger partial charge is 0.124 e. The Balaban J connectivity index is 0.000000598. The first-order valence-corrected chi connectivity index (χ1v) is 13.0. The molecule has 0 bridgehead atoms. The van der Waals surface area contributed by atoms with E-state index in [2.05, 4.69) is 35.2 Å². The van der Waals surface area contributed by atoms with Crippen LogP contribution in [0.25, 0.3) is 22.0 Å². The molecule has 2 N–H and O–H groups in total. The van der Waals surface area contributed by atoms with Gasteiger partial charge in [0.2, 0.25) is 0 Å². The van der Waals surface area contributed by atoms with Crippen LogP contribution in [-0.4, -0.2) is 46.6 Å². The Morgan fingerprint density at radius 3 is 2.14 bits per heavy atom. The number of aromatic nitrogens is 1. The maximum absolute atomic E-state index is 11.5. The van der Waals surface area contributed by atoms with Crippen molar-refractivity contribution in [3.8, 4) is 11.1 Å². The number of carbonyl (C=O) groups excluding carboxylic acids is 1. The molecule has 0 spiro atoms. The van der Waals surface area contributed by atoms with Gasteiger partial charge < -0.3 is 23.9 Å². The van der Waals surface area contributed by atoms with Gasteiger partial charge in [0.15, 0.2) is 0 Å². The molecular weight excluding hydrogens is 503 g/mol. The summed E-state index contributed by atoms with van der Waals surface area (Å²) in [7, 11) is 1.00. The van der Waals surface area contributed by atoms with Crippen molar-refractivity contribution in [1.82, 2.24) is 4.57 Å². The molecule has 0 unspecified atom stereocenters. The van der Waals surface area contributed by atoms with Crippen molar-refractivity contribution in [2.45, 2.75) is 46.3 Å². The summed E-state index contributed by atoms with van der Waals surface area (Å²) < 4.78 is 4.48. The SMILES string of the molecule is C=C.CC(C)(C)O.CO.CSN1CCn2c(Cl)cc3c(-c4ccc(Cl)cc4)c(CC=O)c(C)c1c32. The van der Waals surface area contributed by atoms with Gasteiger partial charge in [0.05, 0.1) is 16.8 Å². The molecule has 4 rings (SSSR count). The van der Waals surface area contributed by atoms with Crippen LogP contribution in [0, 0.1) is 6.92 Å². The number of rotatable bonds is 4. The van der Waals surface area contributed by atoms with Crippen LogP contribution in [0.4, 0.5) is 5.69 Å². The lowest BCUT2D eigenvalue weighted by Crippen LogP contribution is -2.26. The fourth-order valence-corrected chi connectivity index (χ4v) is 5.00. The second kappa shape index (κ2) is 14.0. The normalized spacial score (nSPS) is 12.0. The molecule has 8 heteroatoms. The molecule has 192 valence electrons. The predicted octanol–water partition coefficient (Wildman–Crippen LogP) is 6.95. The maximum Gasteiger partial charge on any atom is 0.124 e. The zero-order valence-electron chi connectivity index (χ0n) is 21.4. The van der Waals surface area contributed by atoms with Crippen molar-refractivity contribution in [3.63, 3.8) is 0 Å². The molecule has 1 aliphatic rings. The fourth-order valence-electron chi connectivity index (χ4n) is 3.93. The highest BCUT2D eigenvalue weighted by Crippen LogP contribution is 2.46. The van der Waals surface area contributed by atoms with E-state index in [0.717, 1.165) is 64.8 Å². The van der Waals surface area contributed by atoms with E-state index in [0.29, 0.717) is 11.4 Å².